The second-order valence-corrected chi connectivity index (χ2v) is 9.13. The zero-order chi connectivity index (χ0) is 22.2. The van der Waals surface area contributed by atoms with Gasteiger partial charge in [0.2, 0.25) is 17.7 Å². The maximum atomic E-state index is 13.0. The number of halogens is 3. The van der Waals surface area contributed by atoms with E-state index in [0.717, 1.165) is 18.6 Å². The number of pyridine rings is 1. The average Bonchev–Trinajstić information content (AvgIpc) is 3.50. The molecule has 0 unspecified atom stereocenters. The van der Waals surface area contributed by atoms with Gasteiger partial charge in [0.15, 0.2) is 5.13 Å². The summed E-state index contributed by atoms with van der Waals surface area (Å²) in [5.41, 5.74) is -0.266. The number of nitrogens with zero attached hydrogens (tertiary/aromatic N) is 3. The number of rotatable bonds is 3. The van der Waals surface area contributed by atoms with Gasteiger partial charge < -0.3 is 4.74 Å². The fourth-order valence-electron chi connectivity index (χ4n) is 4.87. The molecule has 2 amide bonds. The summed E-state index contributed by atoms with van der Waals surface area (Å²) >= 11 is 1.20. The molecule has 1 saturated heterocycles. The maximum absolute atomic E-state index is 13.0. The first-order valence-electron chi connectivity index (χ1n) is 9.97. The number of hydrogen-bond acceptors (Lipinski definition) is 6. The highest BCUT2D eigenvalue weighted by atomic mass is 32.1. The summed E-state index contributed by atoms with van der Waals surface area (Å²) in [5, 5.41) is 0.327. The number of imide groups is 1. The van der Waals surface area contributed by atoms with Gasteiger partial charge in [0, 0.05) is 18.3 Å². The highest BCUT2D eigenvalue weighted by molar-refractivity contribution is 7.22. The Bertz CT molecular complexity index is 1270. The Balaban J connectivity index is 1.26. The minimum Gasteiger partial charge on any atom is -0.439 e. The molecule has 2 bridgehead atoms. The standard InChI is InChI=1S/C22H14F3N3O3S/c23-22(24,25)12-3-6-16(26-9-12)31-13-4-5-14-15(8-13)32-21(27-14)28-19(29)17-10-1-2-11(7-10)18(17)20(28)30/h1-6,8-11,17-18H,7H2/t10-,11+,17-,18+. The molecule has 4 atom stereocenters. The van der Waals surface area contributed by atoms with Crippen LogP contribution in [-0.4, -0.2) is 21.8 Å². The molecular weight excluding hydrogens is 443 g/mol. The Morgan fingerprint density at radius 2 is 1.75 bits per heavy atom. The molecule has 2 fully saturated rings. The predicted octanol–water partition coefficient (Wildman–Crippen LogP) is 4.81. The van der Waals surface area contributed by atoms with Crippen LogP contribution in [0.2, 0.25) is 0 Å². The van der Waals surface area contributed by atoms with Gasteiger partial charge in [0.1, 0.15) is 5.75 Å². The molecule has 6 rings (SSSR count). The van der Waals surface area contributed by atoms with Crippen molar-refractivity contribution in [3.63, 3.8) is 0 Å². The second kappa shape index (κ2) is 6.61. The van der Waals surface area contributed by atoms with Gasteiger partial charge in [0.05, 0.1) is 27.6 Å². The number of benzene rings is 1. The molecule has 0 N–H and O–H groups in total. The van der Waals surface area contributed by atoms with E-state index in [2.05, 4.69) is 9.97 Å². The summed E-state index contributed by atoms with van der Waals surface area (Å²) in [6.07, 6.45) is 1.18. The van der Waals surface area contributed by atoms with E-state index in [0.29, 0.717) is 27.3 Å². The van der Waals surface area contributed by atoms with E-state index in [-0.39, 0.29) is 41.4 Å². The van der Waals surface area contributed by atoms with E-state index in [4.69, 9.17) is 4.74 Å². The first-order valence-corrected chi connectivity index (χ1v) is 10.8. The summed E-state index contributed by atoms with van der Waals surface area (Å²) in [6, 6.07) is 6.99. The Hall–Kier alpha value is -3.27. The Morgan fingerprint density at radius 1 is 1.03 bits per heavy atom. The van der Waals surface area contributed by atoms with Crippen LogP contribution in [0.15, 0.2) is 48.7 Å². The summed E-state index contributed by atoms with van der Waals surface area (Å²) in [5.74, 6) is -0.360. The van der Waals surface area contributed by atoms with Gasteiger partial charge in [-0.2, -0.15) is 13.2 Å². The van der Waals surface area contributed by atoms with E-state index in [1.807, 2.05) is 12.2 Å². The predicted molar refractivity (Wildman–Crippen MR) is 109 cm³/mol. The lowest BCUT2D eigenvalue weighted by atomic mass is 9.85. The van der Waals surface area contributed by atoms with Crippen LogP contribution in [0.3, 0.4) is 0 Å². The van der Waals surface area contributed by atoms with Gasteiger partial charge in [0.25, 0.3) is 0 Å². The molecule has 1 aliphatic heterocycles. The van der Waals surface area contributed by atoms with Crippen molar-refractivity contribution in [1.29, 1.82) is 0 Å². The third kappa shape index (κ3) is 2.85. The van der Waals surface area contributed by atoms with E-state index in [9.17, 15) is 22.8 Å². The SMILES string of the molecule is O=C1[C@@H]2[C@H](C(=O)N1c1nc3ccc(Oc4ccc(C(F)(F)F)cn4)cc3s1)[C@@H]1C=C[C@H]2C1. The average molecular weight is 457 g/mol. The first-order chi connectivity index (χ1) is 15.3. The number of fused-ring (bicyclic) bond motifs is 6. The number of carbonyl (C=O) groups is 2. The van der Waals surface area contributed by atoms with Crippen LogP contribution in [-0.2, 0) is 15.8 Å². The molecule has 0 radical (unpaired) electrons. The lowest BCUT2D eigenvalue weighted by Crippen LogP contribution is -2.32. The lowest BCUT2D eigenvalue weighted by Gasteiger charge is -2.14. The summed E-state index contributed by atoms with van der Waals surface area (Å²) in [4.78, 5) is 35.4. The van der Waals surface area contributed by atoms with Crippen molar-refractivity contribution in [2.24, 2.45) is 23.7 Å². The molecule has 162 valence electrons. The van der Waals surface area contributed by atoms with Crippen LogP contribution in [0.5, 0.6) is 11.6 Å². The normalized spacial score (nSPS) is 26.4. The first kappa shape index (κ1) is 19.4. The number of thiazole rings is 1. The summed E-state index contributed by atoms with van der Waals surface area (Å²) in [7, 11) is 0. The zero-order valence-electron chi connectivity index (χ0n) is 16.2. The lowest BCUT2D eigenvalue weighted by molar-refractivity contribution is -0.137. The van der Waals surface area contributed by atoms with Crippen LogP contribution >= 0.6 is 11.3 Å². The smallest absolute Gasteiger partial charge is 0.417 e. The molecule has 1 aromatic carbocycles. The minimum atomic E-state index is -4.47. The molecule has 2 aromatic heterocycles. The van der Waals surface area contributed by atoms with Gasteiger partial charge in [-0.05, 0) is 36.5 Å². The van der Waals surface area contributed by atoms with Crippen LogP contribution in [0.4, 0.5) is 18.3 Å². The molecule has 32 heavy (non-hydrogen) atoms. The van der Waals surface area contributed by atoms with Crippen molar-refractivity contribution in [2.45, 2.75) is 12.6 Å². The molecule has 10 heteroatoms. The van der Waals surface area contributed by atoms with Crippen molar-refractivity contribution in [2.75, 3.05) is 4.90 Å². The third-order valence-corrected chi connectivity index (χ3v) is 7.30. The summed E-state index contributed by atoms with van der Waals surface area (Å²) in [6.45, 7) is 0. The third-order valence-electron chi connectivity index (χ3n) is 6.30. The van der Waals surface area contributed by atoms with Crippen molar-refractivity contribution >= 4 is 38.5 Å². The van der Waals surface area contributed by atoms with E-state index in [1.165, 1.54) is 16.2 Å². The van der Waals surface area contributed by atoms with Crippen molar-refractivity contribution in [1.82, 2.24) is 9.97 Å². The number of alkyl halides is 3. The van der Waals surface area contributed by atoms with Crippen molar-refractivity contribution in [3.05, 3.63) is 54.2 Å². The number of hydrogen-bond donors (Lipinski definition) is 0. The van der Waals surface area contributed by atoms with E-state index >= 15 is 0 Å². The monoisotopic (exact) mass is 457 g/mol. The van der Waals surface area contributed by atoms with Crippen molar-refractivity contribution in [3.8, 4) is 11.6 Å². The molecule has 1 saturated carbocycles. The molecule has 6 nitrogen and oxygen atoms in total. The maximum Gasteiger partial charge on any atom is 0.417 e. The fourth-order valence-corrected chi connectivity index (χ4v) is 5.88. The topological polar surface area (TPSA) is 72.4 Å². The molecular formula is C22H14F3N3O3S. The van der Waals surface area contributed by atoms with Crippen LogP contribution in [0, 0.1) is 23.7 Å². The van der Waals surface area contributed by atoms with E-state index in [1.54, 1.807) is 18.2 Å². The van der Waals surface area contributed by atoms with Gasteiger partial charge in [-0.1, -0.05) is 23.5 Å². The van der Waals surface area contributed by atoms with Gasteiger partial charge >= 0.3 is 6.18 Å². The van der Waals surface area contributed by atoms with Gasteiger partial charge in [-0.25, -0.2) is 14.9 Å². The highest BCUT2D eigenvalue weighted by Gasteiger charge is 2.60. The van der Waals surface area contributed by atoms with Gasteiger partial charge in [-0.15, -0.1) is 0 Å². The fraction of sp³-hybridized carbons (Fsp3) is 0.273. The van der Waals surface area contributed by atoms with E-state index < -0.39 is 11.7 Å². The Labute approximate surface area is 183 Å². The van der Waals surface area contributed by atoms with Crippen LogP contribution < -0.4 is 9.64 Å². The second-order valence-electron chi connectivity index (χ2n) is 8.12. The molecule has 3 heterocycles. The number of ether oxygens (including phenoxy) is 1. The van der Waals surface area contributed by atoms with Crippen LogP contribution in [0.1, 0.15) is 12.0 Å². The minimum absolute atomic E-state index is 0.0165. The highest BCUT2D eigenvalue weighted by Crippen LogP contribution is 2.53. The molecule has 3 aliphatic rings. The molecule has 3 aromatic rings. The largest absolute Gasteiger partial charge is 0.439 e. The molecule has 0 spiro atoms. The Kier molecular flexibility index (Phi) is 4.01. The number of allylic oxidation sites excluding steroid dienone is 2. The molecule has 2 aliphatic carbocycles. The summed E-state index contributed by atoms with van der Waals surface area (Å²) < 4.78 is 44.3. The number of carbonyl (C=O) groups excluding carboxylic acids is 2. The zero-order valence-corrected chi connectivity index (χ0v) is 17.1. The Morgan fingerprint density at radius 3 is 2.38 bits per heavy atom. The number of anilines is 1. The quantitative estimate of drug-likeness (QED) is 0.417. The van der Waals surface area contributed by atoms with Crippen LogP contribution in [0.25, 0.3) is 10.2 Å². The van der Waals surface area contributed by atoms with Gasteiger partial charge in [-0.3, -0.25) is 9.59 Å². The number of aromatic nitrogens is 2. The van der Waals surface area contributed by atoms with Crippen molar-refractivity contribution < 1.29 is 27.5 Å². The number of amides is 2.